The third-order valence-corrected chi connectivity index (χ3v) is 3.92. The molecule has 0 bridgehead atoms. The Morgan fingerprint density at radius 1 is 1.06 bits per heavy atom. The number of rotatable bonds is 4. The van der Waals surface area contributed by atoms with Crippen LogP contribution in [0.1, 0.15) is 32.1 Å². The van der Waals surface area contributed by atoms with Crippen LogP contribution in [0.4, 0.5) is 0 Å². The summed E-state index contributed by atoms with van der Waals surface area (Å²) in [6, 6.07) is 0.0585. The van der Waals surface area contributed by atoms with Gasteiger partial charge >= 0.3 is 5.97 Å². The maximum atomic E-state index is 11.7. The molecule has 0 heterocycles. The molecule has 18 heavy (non-hydrogen) atoms. The molecular weight excluding hydrogens is 236 g/mol. The van der Waals surface area contributed by atoms with Crippen molar-refractivity contribution in [3.8, 4) is 0 Å². The molecule has 2 saturated carbocycles. The molecule has 2 amide bonds. The lowest BCUT2D eigenvalue weighted by Crippen LogP contribution is -2.40. The van der Waals surface area contributed by atoms with Crippen molar-refractivity contribution in [3.05, 3.63) is 0 Å². The molecule has 2 rings (SSSR count). The number of carboxylic acid groups (broad SMARTS) is 1. The maximum Gasteiger partial charge on any atom is 0.307 e. The number of aliphatic carboxylic acids is 1. The number of hydrogen-bond acceptors (Lipinski definition) is 3. The molecular formula is C12H18N2O4. The highest BCUT2D eigenvalue weighted by molar-refractivity contribution is 5.89. The molecule has 100 valence electrons. The van der Waals surface area contributed by atoms with Gasteiger partial charge in [0.1, 0.15) is 0 Å². The van der Waals surface area contributed by atoms with Crippen molar-refractivity contribution < 1.29 is 19.5 Å². The van der Waals surface area contributed by atoms with Crippen molar-refractivity contribution >= 4 is 17.8 Å². The van der Waals surface area contributed by atoms with E-state index in [-0.39, 0.29) is 29.7 Å². The minimum Gasteiger partial charge on any atom is -0.481 e. The van der Waals surface area contributed by atoms with Crippen LogP contribution in [-0.2, 0) is 14.4 Å². The van der Waals surface area contributed by atoms with E-state index >= 15 is 0 Å². The standard InChI is InChI=1S/C12H18N2O4/c13-10(15)6-1-3-7(4-2-6)14-11(16)8-5-9(8)12(17)18/h6-9H,1-5H2,(H2,13,15)(H,14,16)(H,17,18). The summed E-state index contributed by atoms with van der Waals surface area (Å²) in [4.78, 5) is 33.4. The Hall–Kier alpha value is -1.59. The van der Waals surface area contributed by atoms with E-state index in [9.17, 15) is 14.4 Å². The Balaban J connectivity index is 1.74. The zero-order valence-electron chi connectivity index (χ0n) is 10.1. The molecule has 6 nitrogen and oxygen atoms in total. The molecule has 0 aromatic heterocycles. The van der Waals surface area contributed by atoms with Gasteiger partial charge in [0.15, 0.2) is 0 Å². The summed E-state index contributed by atoms with van der Waals surface area (Å²) >= 11 is 0. The number of hydrogen-bond donors (Lipinski definition) is 3. The largest absolute Gasteiger partial charge is 0.481 e. The average Bonchev–Trinajstić information content (AvgIpc) is 3.09. The van der Waals surface area contributed by atoms with Crippen LogP contribution in [0.2, 0.25) is 0 Å². The van der Waals surface area contributed by atoms with Gasteiger partial charge in [0, 0.05) is 12.0 Å². The van der Waals surface area contributed by atoms with E-state index in [4.69, 9.17) is 10.8 Å². The normalized spacial score (nSPS) is 34.7. The number of nitrogens with one attached hydrogen (secondary N) is 1. The average molecular weight is 254 g/mol. The Labute approximate surface area is 105 Å². The predicted octanol–water partition coefficient (Wildman–Crippen LogP) is -0.133. The third-order valence-electron chi connectivity index (χ3n) is 3.92. The van der Waals surface area contributed by atoms with Crippen LogP contribution in [0, 0.1) is 17.8 Å². The van der Waals surface area contributed by atoms with Crippen molar-refractivity contribution in [3.63, 3.8) is 0 Å². The van der Waals surface area contributed by atoms with Crippen molar-refractivity contribution in [1.29, 1.82) is 0 Å². The molecule has 0 aliphatic heterocycles. The summed E-state index contributed by atoms with van der Waals surface area (Å²) in [5.74, 6) is -2.28. The first-order valence-corrected chi connectivity index (χ1v) is 6.31. The van der Waals surface area contributed by atoms with Crippen molar-refractivity contribution in [2.75, 3.05) is 0 Å². The van der Waals surface area contributed by atoms with Gasteiger partial charge in [-0.05, 0) is 32.1 Å². The number of amides is 2. The smallest absolute Gasteiger partial charge is 0.307 e. The fourth-order valence-electron chi connectivity index (χ4n) is 2.59. The predicted molar refractivity (Wildman–Crippen MR) is 62.3 cm³/mol. The minimum atomic E-state index is -0.896. The number of carboxylic acids is 1. The lowest BCUT2D eigenvalue weighted by molar-refractivity contribution is -0.140. The van der Waals surface area contributed by atoms with Gasteiger partial charge in [-0.25, -0.2) is 0 Å². The zero-order valence-corrected chi connectivity index (χ0v) is 10.1. The monoisotopic (exact) mass is 254 g/mol. The summed E-state index contributed by atoms with van der Waals surface area (Å²) in [7, 11) is 0. The van der Waals surface area contributed by atoms with Crippen molar-refractivity contribution in [2.45, 2.75) is 38.1 Å². The summed E-state index contributed by atoms with van der Waals surface area (Å²) in [5.41, 5.74) is 5.23. The van der Waals surface area contributed by atoms with Crippen molar-refractivity contribution in [2.24, 2.45) is 23.5 Å². The van der Waals surface area contributed by atoms with E-state index < -0.39 is 11.9 Å². The number of primary amides is 1. The second kappa shape index (κ2) is 4.96. The Morgan fingerprint density at radius 2 is 1.67 bits per heavy atom. The van der Waals surface area contributed by atoms with Gasteiger partial charge in [-0.3, -0.25) is 14.4 Å². The molecule has 0 radical (unpaired) electrons. The van der Waals surface area contributed by atoms with Gasteiger partial charge in [0.25, 0.3) is 0 Å². The molecule has 2 unspecified atom stereocenters. The van der Waals surface area contributed by atoms with E-state index in [0.29, 0.717) is 19.3 Å². The molecule has 0 aromatic carbocycles. The number of carbonyl (C=O) groups excluding carboxylic acids is 2. The quantitative estimate of drug-likeness (QED) is 0.649. The topological polar surface area (TPSA) is 109 Å². The summed E-state index contributed by atoms with van der Waals surface area (Å²) in [6.07, 6.45) is 3.33. The highest BCUT2D eigenvalue weighted by Gasteiger charge is 2.48. The van der Waals surface area contributed by atoms with E-state index in [2.05, 4.69) is 5.32 Å². The molecule has 0 spiro atoms. The lowest BCUT2D eigenvalue weighted by Gasteiger charge is -2.27. The molecule has 2 fully saturated rings. The van der Waals surface area contributed by atoms with Crippen LogP contribution < -0.4 is 11.1 Å². The van der Waals surface area contributed by atoms with Gasteiger partial charge in [-0.2, -0.15) is 0 Å². The first-order valence-electron chi connectivity index (χ1n) is 6.31. The van der Waals surface area contributed by atoms with Crippen LogP contribution >= 0.6 is 0 Å². The third kappa shape index (κ3) is 2.80. The maximum absolute atomic E-state index is 11.7. The molecule has 0 aromatic rings. The molecule has 2 atom stereocenters. The van der Waals surface area contributed by atoms with Crippen LogP contribution in [0.15, 0.2) is 0 Å². The Morgan fingerprint density at radius 3 is 2.11 bits per heavy atom. The fraction of sp³-hybridized carbons (Fsp3) is 0.750. The van der Waals surface area contributed by atoms with Crippen LogP contribution in [0.3, 0.4) is 0 Å². The highest BCUT2D eigenvalue weighted by Crippen LogP contribution is 2.39. The van der Waals surface area contributed by atoms with Crippen LogP contribution in [0.25, 0.3) is 0 Å². The zero-order chi connectivity index (χ0) is 13.3. The minimum absolute atomic E-state index is 0.0585. The van der Waals surface area contributed by atoms with Gasteiger partial charge in [-0.1, -0.05) is 0 Å². The summed E-state index contributed by atoms with van der Waals surface area (Å²) in [6.45, 7) is 0. The summed E-state index contributed by atoms with van der Waals surface area (Å²) < 4.78 is 0. The molecule has 6 heteroatoms. The van der Waals surface area contributed by atoms with Gasteiger partial charge in [0.05, 0.1) is 11.8 Å². The Kier molecular flexibility index (Phi) is 3.54. The molecule has 2 aliphatic rings. The van der Waals surface area contributed by atoms with Gasteiger partial charge < -0.3 is 16.2 Å². The second-order valence-electron chi connectivity index (χ2n) is 5.25. The first kappa shape index (κ1) is 12.9. The second-order valence-corrected chi connectivity index (χ2v) is 5.25. The van der Waals surface area contributed by atoms with Crippen molar-refractivity contribution in [1.82, 2.24) is 5.32 Å². The first-order chi connectivity index (χ1) is 8.49. The van der Waals surface area contributed by atoms with Crippen LogP contribution in [0.5, 0.6) is 0 Å². The fourth-order valence-corrected chi connectivity index (χ4v) is 2.59. The molecule has 4 N–H and O–H groups in total. The van der Waals surface area contributed by atoms with E-state index in [1.807, 2.05) is 0 Å². The summed E-state index contributed by atoms with van der Waals surface area (Å²) in [5, 5.41) is 11.6. The molecule has 0 saturated heterocycles. The van der Waals surface area contributed by atoms with Gasteiger partial charge in [-0.15, -0.1) is 0 Å². The van der Waals surface area contributed by atoms with Crippen LogP contribution in [-0.4, -0.2) is 28.9 Å². The molecule has 2 aliphatic carbocycles. The SMILES string of the molecule is NC(=O)C1CCC(NC(=O)C2CC2C(=O)O)CC1. The number of carbonyl (C=O) groups is 3. The van der Waals surface area contributed by atoms with E-state index in [1.165, 1.54) is 0 Å². The highest BCUT2D eigenvalue weighted by atomic mass is 16.4. The lowest BCUT2D eigenvalue weighted by atomic mass is 9.85. The van der Waals surface area contributed by atoms with E-state index in [1.54, 1.807) is 0 Å². The van der Waals surface area contributed by atoms with Gasteiger partial charge in [0.2, 0.25) is 11.8 Å². The van der Waals surface area contributed by atoms with E-state index in [0.717, 1.165) is 12.8 Å². The number of nitrogens with two attached hydrogens (primary N) is 1. The Bertz CT molecular complexity index is 374.